The average molecular weight is 402 g/mol. The predicted octanol–water partition coefficient (Wildman–Crippen LogP) is 3.49. The summed E-state index contributed by atoms with van der Waals surface area (Å²) >= 11 is 0. The number of nitrogens with zero attached hydrogens (tertiary/aromatic N) is 2. The molecule has 2 atom stereocenters. The van der Waals surface area contributed by atoms with E-state index >= 15 is 0 Å². The minimum Gasteiger partial charge on any atom is -0.309 e. The summed E-state index contributed by atoms with van der Waals surface area (Å²) in [5.74, 6) is 1.42. The molecule has 2 fully saturated rings. The van der Waals surface area contributed by atoms with Gasteiger partial charge in [0.05, 0.1) is 12.2 Å². The number of rotatable bonds is 6. The second kappa shape index (κ2) is 8.05. The molecule has 0 bridgehead atoms. The molecule has 2 aliphatic rings. The van der Waals surface area contributed by atoms with Crippen LogP contribution in [0.15, 0.2) is 60.7 Å². The number of hydrogen-bond acceptors (Lipinski definition) is 4. The highest BCUT2D eigenvalue weighted by molar-refractivity contribution is 5.94. The Hall–Kier alpha value is -2.96. The van der Waals surface area contributed by atoms with Gasteiger partial charge in [0.15, 0.2) is 0 Å². The Kier molecular flexibility index (Phi) is 5.11. The molecule has 2 heterocycles. The molecule has 5 rings (SSSR count). The highest BCUT2D eigenvalue weighted by Crippen LogP contribution is 2.35. The third-order valence-corrected chi connectivity index (χ3v) is 6.07. The molecule has 3 aromatic rings. The molecular formula is C24H27N5O. The molecule has 1 aliphatic carbocycles. The summed E-state index contributed by atoms with van der Waals surface area (Å²) in [7, 11) is 0. The summed E-state index contributed by atoms with van der Waals surface area (Å²) in [5.41, 5.74) is 10.7. The fourth-order valence-electron chi connectivity index (χ4n) is 4.16. The van der Waals surface area contributed by atoms with E-state index < -0.39 is 0 Å². The lowest BCUT2D eigenvalue weighted by atomic mass is 10.1. The summed E-state index contributed by atoms with van der Waals surface area (Å²) < 4.78 is 1.88. The van der Waals surface area contributed by atoms with Gasteiger partial charge in [-0.3, -0.25) is 10.2 Å². The maximum atomic E-state index is 13.0. The van der Waals surface area contributed by atoms with Crippen molar-refractivity contribution in [2.75, 3.05) is 5.32 Å². The van der Waals surface area contributed by atoms with Gasteiger partial charge in [-0.25, -0.2) is 10.1 Å². The van der Waals surface area contributed by atoms with Crippen LogP contribution >= 0.6 is 0 Å². The minimum atomic E-state index is -0.224. The Morgan fingerprint density at radius 3 is 2.63 bits per heavy atom. The first-order valence-electron chi connectivity index (χ1n) is 10.7. The van der Waals surface area contributed by atoms with Crippen molar-refractivity contribution in [3.63, 3.8) is 0 Å². The Labute approximate surface area is 176 Å². The van der Waals surface area contributed by atoms with Crippen LogP contribution in [0.4, 0.5) is 5.82 Å². The van der Waals surface area contributed by atoms with Crippen LogP contribution in [-0.2, 0) is 11.3 Å². The Morgan fingerprint density at radius 2 is 1.87 bits per heavy atom. The van der Waals surface area contributed by atoms with Gasteiger partial charge in [0.2, 0.25) is 5.91 Å². The lowest BCUT2D eigenvalue weighted by molar-refractivity contribution is -0.117. The number of aryl methyl sites for hydroxylation is 1. The van der Waals surface area contributed by atoms with E-state index in [0.717, 1.165) is 34.6 Å². The van der Waals surface area contributed by atoms with Gasteiger partial charge in [-0.2, -0.15) is 5.10 Å². The first-order chi connectivity index (χ1) is 14.7. The van der Waals surface area contributed by atoms with Crippen LogP contribution in [0.25, 0.3) is 11.3 Å². The third-order valence-electron chi connectivity index (χ3n) is 6.07. The molecule has 3 N–H and O–H groups in total. The molecule has 2 aromatic carbocycles. The van der Waals surface area contributed by atoms with E-state index in [-0.39, 0.29) is 11.9 Å². The van der Waals surface area contributed by atoms with E-state index in [4.69, 9.17) is 5.10 Å². The van der Waals surface area contributed by atoms with Gasteiger partial charge < -0.3 is 5.32 Å². The zero-order valence-corrected chi connectivity index (χ0v) is 17.1. The smallest absolute Gasteiger partial charge is 0.244 e. The van der Waals surface area contributed by atoms with E-state index in [2.05, 4.69) is 47.4 Å². The number of anilines is 1. The zero-order chi connectivity index (χ0) is 20.5. The summed E-state index contributed by atoms with van der Waals surface area (Å²) in [6.07, 6.45) is 3.35. The van der Waals surface area contributed by atoms with E-state index in [1.165, 1.54) is 12.8 Å². The van der Waals surface area contributed by atoms with Crippen molar-refractivity contribution in [1.82, 2.24) is 20.6 Å². The first-order valence-corrected chi connectivity index (χ1v) is 10.7. The topological polar surface area (TPSA) is 71.0 Å². The Balaban J connectivity index is 1.40. The SMILES string of the molecule is Cc1ccccc1-c1cc(NC(=O)C2CC(C3CC3)NN2)n(Cc2ccccc2)n1. The molecule has 0 spiro atoms. The largest absolute Gasteiger partial charge is 0.309 e. The minimum absolute atomic E-state index is 0.0174. The van der Waals surface area contributed by atoms with Crippen LogP contribution in [-0.4, -0.2) is 27.8 Å². The highest BCUT2D eigenvalue weighted by Gasteiger charge is 2.39. The van der Waals surface area contributed by atoms with Gasteiger partial charge in [-0.1, -0.05) is 54.6 Å². The number of hydrogen-bond donors (Lipinski definition) is 3. The van der Waals surface area contributed by atoms with Crippen molar-refractivity contribution in [3.05, 3.63) is 71.8 Å². The predicted molar refractivity (Wildman–Crippen MR) is 118 cm³/mol. The average Bonchev–Trinajstić information content (AvgIpc) is 3.36. The van der Waals surface area contributed by atoms with Gasteiger partial charge in [0, 0.05) is 17.7 Å². The Bertz CT molecular complexity index is 1040. The van der Waals surface area contributed by atoms with Crippen molar-refractivity contribution in [1.29, 1.82) is 0 Å². The number of aromatic nitrogens is 2. The van der Waals surface area contributed by atoms with Crippen molar-refractivity contribution >= 4 is 11.7 Å². The summed E-state index contributed by atoms with van der Waals surface area (Å²) in [5, 5.41) is 7.96. The van der Waals surface area contributed by atoms with E-state index in [1.807, 2.05) is 41.1 Å². The Morgan fingerprint density at radius 1 is 1.10 bits per heavy atom. The fourth-order valence-corrected chi connectivity index (χ4v) is 4.16. The van der Waals surface area contributed by atoms with Gasteiger partial charge in [-0.15, -0.1) is 0 Å². The molecule has 154 valence electrons. The number of amides is 1. The van der Waals surface area contributed by atoms with Crippen molar-refractivity contribution in [2.24, 2.45) is 5.92 Å². The number of nitrogens with one attached hydrogen (secondary N) is 3. The maximum absolute atomic E-state index is 13.0. The van der Waals surface area contributed by atoms with Crippen LogP contribution in [0.2, 0.25) is 0 Å². The maximum Gasteiger partial charge on any atom is 0.244 e. The quantitative estimate of drug-likeness (QED) is 0.591. The molecule has 1 aliphatic heterocycles. The van der Waals surface area contributed by atoms with Crippen LogP contribution in [0.3, 0.4) is 0 Å². The molecule has 0 radical (unpaired) electrons. The molecule has 1 amide bonds. The van der Waals surface area contributed by atoms with Crippen molar-refractivity contribution < 1.29 is 4.79 Å². The summed E-state index contributed by atoms with van der Waals surface area (Å²) in [6.45, 7) is 2.68. The molecule has 1 saturated heterocycles. The second-order valence-electron chi connectivity index (χ2n) is 8.38. The monoisotopic (exact) mass is 401 g/mol. The van der Waals surface area contributed by atoms with Crippen LogP contribution < -0.4 is 16.2 Å². The standard InChI is InChI=1S/C24H27N5O/c1-16-7-5-6-10-19(16)21-14-23(29(28-21)15-17-8-3-2-4-9-17)25-24(30)22-13-20(26-27-22)18-11-12-18/h2-10,14,18,20,22,26-27H,11-13,15H2,1H3,(H,25,30). The molecule has 2 unspecified atom stereocenters. The van der Waals surface area contributed by atoms with Gasteiger partial charge in [0.25, 0.3) is 0 Å². The molecule has 6 nitrogen and oxygen atoms in total. The molecule has 1 saturated carbocycles. The van der Waals surface area contributed by atoms with E-state index in [9.17, 15) is 4.79 Å². The first kappa shape index (κ1) is 19.0. The highest BCUT2D eigenvalue weighted by atomic mass is 16.2. The number of benzene rings is 2. The van der Waals surface area contributed by atoms with Gasteiger partial charge in [0.1, 0.15) is 11.9 Å². The lowest BCUT2D eigenvalue weighted by Gasteiger charge is -2.12. The summed E-state index contributed by atoms with van der Waals surface area (Å²) in [6, 6.07) is 20.5. The van der Waals surface area contributed by atoms with Gasteiger partial charge >= 0.3 is 0 Å². The van der Waals surface area contributed by atoms with Crippen molar-refractivity contribution in [2.45, 2.75) is 44.8 Å². The number of hydrazine groups is 1. The lowest BCUT2D eigenvalue weighted by Crippen LogP contribution is -2.40. The van der Waals surface area contributed by atoms with E-state index in [0.29, 0.717) is 18.5 Å². The number of carbonyl (C=O) groups excluding carboxylic acids is 1. The fraction of sp³-hybridized carbons (Fsp3) is 0.333. The molecular weight excluding hydrogens is 374 g/mol. The zero-order valence-electron chi connectivity index (χ0n) is 17.1. The van der Waals surface area contributed by atoms with Crippen LogP contribution in [0.5, 0.6) is 0 Å². The normalized spacial score (nSPS) is 21.0. The molecule has 1 aromatic heterocycles. The summed E-state index contributed by atoms with van der Waals surface area (Å²) in [4.78, 5) is 13.0. The molecule has 6 heteroatoms. The third kappa shape index (κ3) is 4.01. The van der Waals surface area contributed by atoms with E-state index in [1.54, 1.807) is 0 Å². The van der Waals surface area contributed by atoms with Crippen molar-refractivity contribution in [3.8, 4) is 11.3 Å². The van der Waals surface area contributed by atoms with Crippen LogP contribution in [0.1, 0.15) is 30.4 Å². The molecule has 30 heavy (non-hydrogen) atoms. The second-order valence-corrected chi connectivity index (χ2v) is 8.38. The van der Waals surface area contributed by atoms with Crippen LogP contribution in [0, 0.1) is 12.8 Å². The number of carbonyl (C=O) groups is 1. The van der Waals surface area contributed by atoms with Gasteiger partial charge in [-0.05, 0) is 43.2 Å².